The maximum atomic E-state index is 10.7. The van der Waals surface area contributed by atoms with Crippen LogP contribution in [0.5, 0.6) is 0 Å². The fourth-order valence-electron chi connectivity index (χ4n) is 2.37. The molecule has 0 saturated carbocycles. The molecule has 0 N–H and O–H groups in total. The molecule has 0 unspecified atom stereocenters. The number of aldehydes is 1. The normalized spacial score (nSPS) is 11.0. The quantitative estimate of drug-likeness (QED) is 0.459. The molecule has 0 spiro atoms. The number of oxazole rings is 1. The average molecular weight is 368 g/mol. The van der Waals surface area contributed by atoms with Crippen molar-refractivity contribution in [3.05, 3.63) is 64.8 Å². The van der Waals surface area contributed by atoms with Crippen molar-refractivity contribution in [2.45, 2.75) is 0 Å². The Morgan fingerprint density at radius 3 is 2.43 bits per heavy atom. The lowest BCUT2D eigenvalue weighted by atomic mass is 10.1. The van der Waals surface area contributed by atoms with Gasteiger partial charge in [-0.15, -0.1) is 0 Å². The fraction of sp³-hybridized carbons (Fsp3) is 0. The monoisotopic (exact) mass is 367 g/mol. The largest absolute Gasteiger partial charge is 0.453 e. The highest BCUT2D eigenvalue weighted by atomic mass is 79.9. The van der Waals surface area contributed by atoms with Gasteiger partial charge in [-0.2, -0.15) is 0 Å². The van der Waals surface area contributed by atoms with E-state index in [1.165, 1.54) is 0 Å². The van der Waals surface area contributed by atoms with E-state index in [1.54, 1.807) is 12.1 Å². The molecule has 0 aliphatic rings. The number of fused-ring (bicyclic) bond motifs is 1. The van der Waals surface area contributed by atoms with Crippen molar-refractivity contribution in [1.82, 2.24) is 4.98 Å². The molecule has 23 heavy (non-hydrogen) atoms. The molecule has 2 aromatic heterocycles. The molecule has 5 heteroatoms. The van der Waals surface area contributed by atoms with Gasteiger partial charge in [-0.1, -0.05) is 15.9 Å². The van der Waals surface area contributed by atoms with Crippen LogP contribution >= 0.6 is 15.9 Å². The molecule has 0 aliphatic carbocycles. The molecule has 4 rings (SSSR count). The summed E-state index contributed by atoms with van der Waals surface area (Å²) in [7, 11) is 0. The van der Waals surface area contributed by atoms with Crippen molar-refractivity contribution < 1.29 is 13.6 Å². The van der Waals surface area contributed by atoms with Gasteiger partial charge in [0.15, 0.2) is 17.6 Å². The molecule has 0 saturated heterocycles. The average Bonchev–Trinajstić information content (AvgIpc) is 3.21. The van der Waals surface area contributed by atoms with Gasteiger partial charge < -0.3 is 8.83 Å². The first-order valence-corrected chi connectivity index (χ1v) is 7.74. The second-order valence-electron chi connectivity index (χ2n) is 5.03. The fourth-order valence-corrected chi connectivity index (χ4v) is 2.63. The first kappa shape index (κ1) is 14.0. The van der Waals surface area contributed by atoms with E-state index in [-0.39, 0.29) is 0 Å². The lowest BCUT2D eigenvalue weighted by Crippen LogP contribution is -1.77. The Morgan fingerprint density at radius 1 is 0.913 bits per heavy atom. The van der Waals surface area contributed by atoms with Gasteiger partial charge in [0.25, 0.3) is 0 Å². The third-order valence-electron chi connectivity index (χ3n) is 3.51. The van der Waals surface area contributed by atoms with Gasteiger partial charge in [0.1, 0.15) is 11.3 Å². The topological polar surface area (TPSA) is 56.2 Å². The smallest absolute Gasteiger partial charge is 0.227 e. The van der Waals surface area contributed by atoms with Gasteiger partial charge in [0.05, 0.1) is 0 Å². The van der Waals surface area contributed by atoms with Crippen LogP contribution in [0.3, 0.4) is 0 Å². The van der Waals surface area contributed by atoms with E-state index in [0.29, 0.717) is 29.3 Å². The van der Waals surface area contributed by atoms with Crippen LogP contribution in [0.15, 0.2) is 67.9 Å². The molecule has 0 atom stereocenters. The van der Waals surface area contributed by atoms with Crippen molar-refractivity contribution in [3.8, 4) is 22.8 Å². The molecule has 4 aromatic rings. The number of carbonyl (C=O) groups is 1. The molecule has 2 aromatic carbocycles. The third kappa shape index (κ3) is 2.59. The number of aromatic nitrogens is 1. The summed E-state index contributed by atoms with van der Waals surface area (Å²) in [6, 6.07) is 16.8. The van der Waals surface area contributed by atoms with E-state index >= 15 is 0 Å². The van der Waals surface area contributed by atoms with E-state index in [2.05, 4.69) is 20.9 Å². The molecular formula is C18H10BrNO3. The minimum Gasteiger partial charge on any atom is -0.453 e. The maximum absolute atomic E-state index is 10.7. The van der Waals surface area contributed by atoms with Crippen molar-refractivity contribution in [1.29, 1.82) is 0 Å². The second-order valence-corrected chi connectivity index (χ2v) is 5.94. The van der Waals surface area contributed by atoms with Crippen molar-refractivity contribution in [2.75, 3.05) is 0 Å². The van der Waals surface area contributed by atoms with E-state index in [4.69, 9.17) is 8.83 Å². The summed E-state index contributed by atoms with van der Waals surface area (Å²) >= 11 is 3.41. The molecular weight excluding hydrogens is 358 g/mol. The summed E-state index contributed by atoms with van der Waals surface area (Å²) in [5.41, 5.74) is 3.20. The Kier molecular flexibility index (Phi) is 3.35. The Morgan fingerprint density at radius 2 is 1.70 bits per heavy atom. The number of nitrogens with zero attached hydrogens (tertiary/aromatic N) is 1. The van der Waals surface area contributed by atoms with E-state index in [0.717, 1.165) is 21.1 Å². The number of carbonyl (C=O) groups excluding carboxylic acids is 1. The number of rotatable bonds is 3. The first-order chi connectivity index (χ1) is 11.2. The number of benzene rings is 2. The lowest BCUT2D eigenvalue weighted by Gasteiger charge is -1.95. The zero-order valence-electron chi connectivity index (χ0n) is 11.8. The summed E-state index contributed by atoms with van der Waals surface area (Å²) < 4.78 is 12.2. The van der Waals surface area contributed by atoms with Gasteiger partial charge in [-0.05, 0) is 54.6 Å². The highest BCUT2D eigenvalue weighted by Crippen LogP contribution is 2.29. The molecule has 0 aliphatic heterocycles. The van der Waals surface area contributed by atoms with Crippen LogP contribution in [0.4, 0.5) is 0 Å². The van der Waals surface area contributed by atoms with Crippen molar-refractivity contribution in [3.63, 3.8) is 0 Å². The Hall–Kier alpha value is -2.66. The summed E-state index contributed by atoms with van der Waals surface area (Å²) in [5.74, 6) is 1.50. The number of furan rings is 1. The van der Waals surface area contributed by atoms with Crippen LogP contribution in [-0.2, 0) is 0 Å². The van der Waals surface area contributed by atoms with Crippen LogP contribution in [0.1, 0.15) is 10.6 Å². The second kappa shape index (κ2) is 5.52. The number of hydrogen-bond acceptors (Lipinski definition) is 4. The van der Waals surface area contributed by atoms with Crippen LogP contribution in [0.25, 0.3) is 33.9 Å². The van der Waals surface area contributed by atoms with Gasteiger partial charge in [-0.3, -0.25) is 4.79 Å². The maximum Gasteiger partial charge on any atom is 0.227 e. The molecule has 0 bridgehead atoms. The summed E-state index contributed by atoms with van der Waals surface area (Å²) in [6.07, 6.45) is 0.684. The summed E-state index contributed by atoms with van der Waals surface area (Å²) in [4.78, 5) is 15.3. The summed E-state index contributed by atoms with van der Waals surface area (Å²) in [5, 5.41) is 0. The molecule has 2 heterocycles. The molecule has 112 valence electrons. The highest BCUT2D eigenvalue weighted by molar-refractivity contribution is 9.10. The standard InChI is InChI=1S/C18H10BrNO3/c19-13-4-1-11(2-5-13)18-20-15-9-12(3-7-17(15)23-18)16-8-6-14(10-21)22-16/h1-10H. The van der Waals surface area contributed by atoms with Gasteiger partial charge >= 0.3 is 0 Å². The minimum absolute atomic E-state index is 0.302. The number of halogens is 1. The van der Waals surface area contributed by atoms with Gasteiger partial charge in [0.2, 0.25) is 5.89 Å². The van der Waals surface area contributed by atoms with E-state index < -0.39 is 0 Å². The Bertz CT molecular complexity index is 999. The van der Waals surface area contributed by atoms with Crippen LogP contribution < -0.4 is 0 Å². The van der Waals surface area contributed by atoms with Crippen LogP contribution in [0.2, 0.25) is 0 Å². The predicted octanol–water partition coefficient (Wildman–Crippen LogP) is 5.33. The van der Waals surface area contributed by atoms with E-state index in [1.807, 2.05) is 42.5 Å². The predicted molar refractivity (Wildman–Crippen MR) is 90.2 cm³/mol. The third-order valence-corrected chi connectivity index (χ3v) is 4.03. The van der Waals surface area contributed by atoms with E-state index in [9.17, 15) is 4.79 Å². The summed E-state index contributed by atoms with van der Waals surface area (Å²) in [6.45, 7) is 0. The molecule has 0 fully saturated rings. The van der Waals surface area contributed by atoms with Crippen molar-refractivity contribution >= 4 is 33.3 Å². The number of hydrogen-bond donors (Lipinski definition) is 0. The Labute approximate surface area is 139 Å². The highest BCUT2D eigenvalue weighted by Gasteiger charge is 2.11. The molecule has 0 radical (unpaired) electrons. The SMILES string of the molecule is O=Cc1ccc(-c2ccc3oc(-c4ccc(Br)cc4)nc3c2)o1. The zero-order chi connectivity index (χ0) is 15.8. The first-order valence-electron chi connectivity index (χ1n) is 6.95. The van der Waals surface area contributed by atoms with Crippen LogP contribution in [-0.4, -0.2) is 11.3 Å². The Balaban J connectivity index is 1.77. The zero-order valence-corrected chi connectivity index (χ0v) is 13.4. The molecule has 4 nitrogen and oxygen atoms in total. The van der Waals surface area contributed by atoms with Gasteiger partial charge in [-0.25, -0.2) is 4.98 Å². The minimum atomic E-state index is 0.302. The molecule has 0 amide bonds. The van der Waals surface area contributed by atoms with Gasteiger partial charge in [0, 0.05) is 15.6 Å². The van der Waals surface area contributed by atoms with Crippen LogP contribution in [0, 0.1) is 0 Å². The van der Waals surface area contributed by atoms with Crippen molar-refractivity contribution in [2.24, 2.45) is 0 Å². The lowest BCUT2D eigenvalue weighted by molar-refractivity contribution is 0.110.